The van der Waals surface area contributed by atoms with E-state index in [0.29, 0.717) is 15.7 Å². The van der Waals surface area contributed by atoms with E-state index in [9.17, 15) is 23.1 Å². The van der Waals surface area contributed by atoms with Gasteiger partial charge in [-0.1, -0.05) is 6.08 Å². The van der Waals surface area contributed by atoms with Crippen LogP contribution in [-0.4, -0.2) is 21.7 Å². The summed E-state index contributed by atoms with van der Waals surface area (Å²) in [6.45, 7) is 2.11. The second kappa shape index (κ2) is 7.24. The molecule has 5 nitrogen and oxygen atoms in total. The molecule has 0 amide bonds. The highest BCUT2D eigenvalue weighted by Crippen LogP contribution is 2.33. The third kappa shape index (κ3) is 4.49. The number of ether oxygens (including phenoxy) is 1. The van der Waals surface area contributed by atoms with Crippen LogP contribution >= 0.6 is 22.6 Å². The summed E-state index contributed by atoms with van der Waals surface area (Å²) < 4.78 is 43.8. The molecule has 0 aliphatic carbocycles. The van der Waals surface area contributed by atoms with E-state index in [0.717, 1.165) is 6.07 Å². The van der Waals surface area contributed by atoms with Gasteiger partial charge in [-0.3, -0.25) is 0 Å². The Balaban J connectivity index is 2.38. The van der Waals surface area contributed by atoms with Crippen molar-refractivity contribution in [1.82, 2.24) is 9.97 Å². The molecule has 0 spiro atoms. The maximum Gasteiger partial charge on any atom is 0.431 e. The molecule has 1 heterocycles. The molecular weight excluding hydrogens is 440 g/mol. The Hall–Kier alpha value is -2.04. The van der Waals surface area contributed by atoms with Gasteiger partial charge in [-0.25, -0.2) is 4.79 Å². The van der Waals surface area contributed by atoms with Crippen LogP contribution in [0.4, 0.5) is 13.2 Å². The van der Waals surface area contributed by atoms with Gasteiger partial charge in [-0.15, -0.1) is 0 Å². The maximum absolute atomic E-state index is 12.7. The number of alkyl halides is 3. The lowest BCUT2D eigenvalue weighted by Gasteiger charge is -2.08. The van der Waals surface area contributed by atoms with Crippen LogP contribution < -0.4 is 10.4 Å². The van der Waals surface area contributed by atoms with E-state index in [2.05, 4.69) is 4.98 Å². The zero-order chi connectivity index (χ0) is 17.9. The lowest BCUT2D eigenvalue weighted by Crippen LogP contribution is -2.19. The quantitative estimate of drug-likeness (QED) is 0.695. The minimum atomic E-state index is -4.67. The molecule has 24 heavy (non-hydrogen) atoms. The van der Waals surface area contributed by atoms with Crippen LogP contribution in [-0.2, 0) is 6.18 Å². The van der Waals surface area contributed by atoms with Crippen LogP contribution in [0.25, 0.3) is 12.2 Å². The second-order valence-corrected chi connectivity index (χ2v) is 5.80. The fraction of sp³-hybridized carbons (Fsp3) is 0.200. The number of aromatic amines is 1. The minimum Gasteiger partial charge on any atom is -0.504 e. The predicted molar refractivity (Wildman–Crippen MR) is 90.8 cm³/mol. The summed E-state index contributed by atoms with van der Waals surface area (Å²) in [7, 11) is 0. The van der Waals surface area contributed by atoms with Gasteiger partial charge in [-0.2, -0.15) is 18.2 Å². The van der Waals surface area contributed by atoms with Crippen molar-refractivity contribution in [3.8, 4) is 11.5 Å². The molecule has 0 radical (unpaired) electrons. The van der Waals surface area contributed by atoms with Gasteiger partial charge in [0.25, 0.3) is 0 Å². The molecule has 1 aromatic carbocycles. The highest BCUT2D eigenvalue weighted by Gasteiger charge is 2.32. The number of phenols is 1. The SMILES string of the molecule is CCOc1cc(/C=C/c2cc(C(F)(F)F)[nH]c(=O)n2)cc(I)c1O. The van der Waals surface area contributed by atoms with Crippen molar-refractivity contribution in [2.75, 3.05) is 6.61 Å². The molecular formula is C15H12F3IN2O3. The topological polar surface area (TPSA) is 75.2 Å². The van der Waals surface area contributed by atoms with Gasteiger partial charge in [0.1, 0.15) is 5.69 Å². The van der Waals surface area contributed by atoms with E-state index in [1.54, 1.807) is 18.0 Å². The summed E-state index contributed by atoms with van der Waals surface area (Å²) in [6, 6.07) is 3.90. The fourth-order valence-electron chi connectivity index (χ4n) is 1.85. The van der Waals surface area contributed by atoms with Gasteiger partial charge in [0.15, 0.2) is 11.5 Å². The molecule has 0 saturated carbocycles. The highest BCUT2D eigenvalue weighted by atomic mass is 127. The first-order valence-electron chi connectivity index (χ1n) is 6.72. The van der Waals surface area contributed by atoms with Gasteiger partial charge in [0.2, 0.25) is 0 Å². The normalized spacial score (nSPS) is 11.9. The number of nitrogens with one attached hydrogen (secondary N) is 1. The Bertz CT molecular complexity index is 832. The number of hydrogen-bond acceptors (Lipinski definition) is 4. The molecule has 0 fully saturated rings. The fourth-order valence-corrected chi connectivity index (χ4v) is 2.48. The van der Waals surface area contributed by atoms with E-state index in [-0.39, 0.29) is 17.2 Å². The van der Waals surface area contributed by atoms with Gasteiger partial charge in [0.05, 0.1) is 15.9 Å². The zero-order valence-corrected chi connectivity index (χ0v) is 14.5. The van der Waals surface area contributed by atoms with Crippen molar-refractivity contribution >= 4 is 34.7 Å². The zero-order valence-electron chi connectivity index (χ0n) is 12.3. The molecule has 2 rings (SSSR count). The monoisotopic (exact) mass is 452 g/mol. The third-order valence-corrected chi connectivity index (χ3v) is 3.69. The number of benzene rings is 1. The Morgan fingerprint density at radius 1 is 1.33 bits per heavy atom. The summed E-state index contributed by atoms with van der Waals surface area (Å²) in [5.74, 6) is 0.252. The van der Waals surface area contributed by atoms with E-state index in [4.69, 9.17) is 4.74 Å². The minimum absolute atomic E-state index is 0.0109. The Morgan fingerprint density at radius 2 is 2.04 bits per heavy atom. The maximum atomic E-state index is 12.7. The van der Waals surface area contributed by atoms with Crippen molar-refractivity contribution in [2.24, 2.45) is 0 Å². The van der Waals surface area contributed by atoms with Crippen molar-refractivity contribution < 1.29 is 23.0 Å². The van der Waals surface area contributed by atoms with Crippen LogP contribution in [0.1, 0.15) is 23.9 Å². The van der Waals surface area contributed by atoms with Crippen molar-refractivity contribution in [2.45, 2.75) is 13.1 Å². The van der Waals surface area contributed by atoms with E-state index < -0.39 is 17.6 Å². The number of aromatic hydroxyl groups is 1. The number of halogens is 4. The molecule has 0 atom stereocenters. The number of phenolic OH excluding ortho intramolecular Hbond substituents is 1. The van der Waals surface area contributed by atoms with E-state index in [1.807, 2.05) is 22.6 Å². The Labute approximate surface area is 148 Å². The summed E-state index contributed by atoms with van der Waals surface area (Å²) in [5.41, 5.74) is -1.80. The molecule has 0 unspecified atom stereocenters. The molecule has 0 aliphatic heterocycles. The summed E-state index contributed by atoms with van der Waals surface area (Å²) >= 11 is 1.91. The summed E-state index contributed by atoms with van der Waals surface area (Å²) in [6.07, 6.45) is -1.91. The largest absolute Gasteiger partial charge is 0.504 e. The van der Waals surface area contributed by atoms with Crippen LogP contribution in [0.3, 0.4) is 0 Å². The molecule has 2 N–H and O–H groups in total. The molecule has 0 aliphatic rings. The summed E-state index contributed by atoms with van der Waals surface area (Å²) in [5, 5.41) is 9.86. The summed E-state index contributed by atoms with van der Waals surface area (Å²) in [4.78, 5) is 16.4. The van der Waals surface area contributed by atoms with E-state index in [1.165, 1.54) is 18.2 Å². The molecule has 2 aromatic rings. The lowest BCUT2D eigenvalue weighted by molar-refractivity contribution is -0.141. The first-order chi connectivity index (χ1) is 11.2. The molecule has 0 bridgehead atoms. The molecule has 9 heteroatoms. The van der Waals surface area contributed by atoms with Gasteiger partial charge >= 0.3 is 11.9 Å². The van der Waals surface area contributed by atoms with Crippen molar-refractivity contribution in [3.05, 3.63) is 49.2 Å². The number of nitrogens with zero attached hydrogens (tertiary/aromatic N) is 1. The first kappa shape index (κ1) is 18.3. The van der Waals surface area contributed by atoms with Gasteiger partial charge < -0.3 is 14.8 Å². The van der Waals surface area contributed by atoms with Gasteiger partial charge in [-0.05, 0) is 59.4 Å². The molecule has 0 saturated heterocycles. The van der Waals surface area contributed by atoms with Crippen molar-refractivity contribution in [1.29, 1.82) is 0 Å². The predicted octanol–water partition coefficient (Wildman–Crippen LogP) is 3.67. The second-order valence-electron chi connectivity index (χ2n) is 4.64. The Morgan fingerprint density at radius 3 is 2.67 bits per heavy atom. The average Bonchev–Trinajstić information content (AvgIpc) is 2.49. The Kier molecular flexibility index (Phi) is 5.52. The number of H-pyrrole nitrogens is 1. The number of aromatic nitrogens is 2. The number of rotatable bonds is 4. The first-order valence-corrected chi connectivity index (χ1v) is 7.80. The van der Waals surface area contributed by atoms with Crippen LogP contribution in [0.5, 0.6) is 11.5 Å². The molecule has 128 valence electrons. The third-order valence-electron chi connectivity index (χ3n) is 2.87. The highest BCUT2D eigenvalue weighted by molar-refractivity contribution is 14.1. The smallest absolute Gasteiger partial charge is 0.431 e. The van der Waals surface area contributed by atoms with E-state index >= 15 is 0 Å². The van der Waals surface area contributed by atoms with Crippen LogP contribution in [0, 0.1) is 3.57 Å². The molecule has 1 aromatic heterocycles. The van der Waals surface area contributed by atoms with Crippen LogP contribution in [0.15, 0.2) is 23.0 Å². The lowest BCUT2D eigenvalue weighted by atomic mass is 10.1. The van der Waals surface area contributed by atoms with Crippen LogP contribution in [0.2, 0.25) is 0 Å². The average molecular weight is 452 g/mol. The standard InChI is InChI=1S/C15H12F3IN2O3/c1-2-24-11-6-8(5-10(19)13(11)22)3-4-9-7-12(15(16,17)18)21-14(23)20-9/h3-7,22H,2H2,1H3,(H,20,21,23)/b4-3+. The van der Waals surface area contributed by atoms with Crippen molar-refractivity contribution in [3.63, 3.8) is 0 Å². The van der Waals surface area contributed by atoms with Gasteiger partial charge in [0, 0.05) is 0 Å². The number of hydrogen-bond donors (Lipinski definition) is 2.